The number of hydrogen-bond donors (Lipinski definition) is 1. The van der Waals surface area contributed by atoms with Crippen molar-refractivity contribution in [3.63, 3.8) is 0 Å². The molecule has 35 heavy (non-hydrogen) atoms. The van der Waals surface area contributed by atoms with Gasteiger partial charge < -0.3 is 14.7 Å². The fourth-order valence-corrected chi connectivity index (χ4v) is 7.78. The van der Waals surface area contributed by atoms with Crippen LogP contribution < -0.4 is 15.2 Å². The highest BCUT2D eigenvalue weighted by molar-refractivity contribution is 7.98. The Morgan fingerprint density at radius 1 is 1.06 bits per heavy atom. The molecule has 1 amide bonds. The van der Waals surface area contributed by atoms with E-state index in [0.29, 0.717) is 31.0 Å². The molecule has 3 aromatic rings. The molecule has 8 rings (SSSR count). The topological polar surface area (TPSA) is 75.0 Å². The van der Waals surface area contributed by atoms with Gasteiger partial charge in [0.25, 0.3) is 5.91 Å². The van der Waals surface area contributed by atoms with E-state index in [-0.39, 0.29) is 23.7 Å². The average molecular weight is 486 g/mol. The molecule has 8 heteroatoms. The molecule has 7 nitrogen and oxygen atoms in total. The molecule has 0 radical (unpaired) electrons. The Morgan fingerprint density at radius 2 is 1.94 bits per heavy atom. The van der Waals surface area contributed by atoms with Crippen molar-refractivity contribution >= 4 is 17.7 Å². The van der Waals surface area contributed by atoms with Crippen molar-refractivity contribution < 1.29 is 14.6 Å². The van der Waals surface area contributed by atoms with Gasteiger partial charge in [0, 0.05) is 46.9 Å². The van der Waals surface area contributed by atoms with Crippen LogP contribution in [0.1, 0.15) is 39.6 Å². The summed E-state index contributed by atoms with van der Waals surface area (Å²) in [5.74, 6) is 2.34. The summed E-state index contributed by atoms with van der Waals surface area (Å²) in [6.45, 7) is 0.968. The number of aromatic hydroxyl groups is 1. The zero-order valence-electron chi connectivity index (χ0n) is 18.8. The lowest BCUT2D eigenvalue weighted by Crippen LogP contribution is -2.56. The fraction of sp³-hybridized carbons (Fsp3) is 0.333. The third-order valence-electron chi connectivity index (χ3n) is 8.45. The Hall–Kier alpha value is -3.39. The van der Waals surface area contributed by atoms with Crippen LogP contribution in [-0.2, 0) is 5.75 Å². The average Bonchev–Trinajstić information content (AvgIpc) is 3.47. The van der Waals surface area contributed by atoms with E-state index in [2.05, 4.69) is 41.4 Å². The van der Waals surface area contributed by atoms with Gasteiger partial charge in [0.05, 0.1) is 0 Å². The Kier molecular flexibility index (Phi) is 3.89. The molecule has 4 heterocycles. The highest BCUT2D eigenvalue weighted by Gasteiger charge is 2.65. The normalized spacial score (nSPS) is 29.3. The SMILES string of the molecule is O=C1c2c(O)c(=O)ccn2N2CN1C[C@@H]1C[C@@H]3C(Oc4cccc5c4[C@H]2c2ccccc2SC5)C13. The van der Waals surface area contributed by atoms with E-state index in [0.717, 1.165) is 29.1 Å². The van der Waals surface area contributed by atoms with Gasteiger partial charge in [-0.25, -0.2) is 0 Å². The summed E-state index contributed by atoms with van der Waals surface area (Å²) < 4.78 is 8.42. The minimum atomic E-state index is -0.539. The lowest BCUT2D eigenvalue weighted by atomic mass is 9.85. The van der Waals surface area contributed by atoms with Gasteiger partial charge in [0.15, 0.2) is 11.4 Å². The van der Waals surface area contributed by atoms with Gasteiger partial charge in [-0.3, -0.25) is 19.3 Å². The molecule has 5 aliphatic rings. The summed E-state index contributed by atoms with van der Waals surface area (Å²) >= 11 is 1.80. The minimum Gasteiger partial charge on any atom is -0.502 e. The largest absolute Gasteiger partial charge is 0.502 e. The van der Waals surface area contributed by atoms with Crippen molar-refractivity contribution in [3.8, 4) is 11.5 Å². The van der Waals surface area contributed by atoms with Crippen molar-refractivity contribution in [2.75, 3.05) is 18.2 Å². The molecule has 2 bridgehead atoms. The molecule has 2 unspecified atom stereocenters. The summed E-state index contributed by atoms with van der Waals surface area (Å²) in [6, 6.07) is 15.8. The van der Waals surface area contributed by atoms with Crippen molar-refractivity contribution in [2.24, 2.45) is 17.8 Å². The minimum absolute atomic E-state index is 0.0422. The lowest BCUT2D eigenvalue weighted by molar-refractivity contribution is 0.0601. The number of benzene rings is 2. The number of nitrogens with zero attached hydrogens (tertiary/aromatic N) is 3. The molecule has 0 spiro atoms. The van der Waals surface area contributed by atoms with E-state index in [1.165, 1.54) is 16.5 Å². The van der Waals surface area contributed by atoms with Gasteiger partial charge >= 0.3 is 0 Å². The Labute approximate surface area is 205 Å². The number of ether oxygens (including phenoxy) is 1. The number of hydrogen-bond acceptors (Lipinski definition) is 6. The van der Waals surface area contributed by atoms with Crippen LogP contribution in [0, 0.1) is 17.8 Å². The van der Waals surface area contributed by atoms with E-state index in [1.54, 1.807) is 22.6 Å². The smallest absolute Gasteiger partial charge is 0.277 e. The molecule has 1 N–H and O–H groups in total. The van der Waals surface area contributed by atoms with Gasteiger partial charge in [-0.15, -0.1) is 11.8 Å². The number of carbonyl (C=O) groups excluding carboxylic acids is 1. The summed E-state index contributed by atoms with van der Waals surface area (Å²) in [5, 5.41) is 12.9. The van der Waals surface area contributed by atoms with Crippen LogP contribution in [0.25, 0.3) is 0 Å². The van der Waals surface area contributed by atoms with Crippen molar-refractivity contribution in [2.45, 2.75) is 29.2 Å². The maximum atomic E-state index is 13.6. The molecule has 2 aromatic carbocycles. The lowest BCUT2D eigenvalue weighted by Gasteiger charge is -2.45. The quantitative estimate of drug-likeness (QED) is 0.527. The molecule has 5 atom stereocenters. The monoisotopic (exact) mass is 485 g/mol. The molecule has 2 aliphatic carbocycles. The van der Waals surface area contributed by atoms with Crippen LogP contribution >= 0.6 is 11.8 Å². The first-order valence-corrected chi connectivity index (χ1v) is 13.1. The predicted octanol–water partition coefficient (Wildman–Crippen LogP) is 3.33. The standard InChI is InChI=1S/C27H23N3O4S/c31-18-8-9-29-24(25(18)32)27(33)28-11-15-10-17-21(15)26(17)34-19-6-3-4-14-12-35-20-7-2-1-5-16(20)23(22(14)19)30(29)13-28/h1-9,15,17,21,23,26,32H,10-13H2/t15-,17-,21?,23+,26?/m0/s1. The van der Waals surface area contributed by atoms with E-state index in [1.807, 2.05) is 11.0 Å². The van der Waals surface area contributed by atoms with Crippen molar-refractivity contribution in [3.05, 3.63) is 87.3 Å². The first-order chi connectivity index (χ1) is 17.1. The van der Waals surface area contributed by atoms with Crippen LogP contribution in [0.15, 0.2) is 64.4 Å². The van der Waals surface area contributed by atoms with Gasteiger partial charge in [-0.1, -0.05) is 30.3 Å². The highest BCUT2D eigenvalue weighted by atomic mass is 32.2. The second-order valence-corrected chi connectivity index (χ2v) is 11.2. The predicted molar refractivity (Wildman–Crippen MR) is 130 cm³/mol. The molecular weight excluding hydrogens is 462 g/mol. The van der Waals surface area contributed by atoms with Crippen LogP contribution in [0.3, 0.4) is 0 Å². The highest BCUT2D eigenvalue weighted by Crippen LogP contribution is 2.62. The van der Waals surface area contributed by atoms with Crippen LogP contribution in [0.2, 0.25) is 0 Å². The number of amides is 1. The zero-order valence-corrected chi connectivity index (χ0v) is 19.6. The number of aromatic nitrogens is 1. The summed E-state index contributed by atoms with van der Waals surface area (Å²) in [5.41, 5.74) is 2.94. The molecule has 1 aromatic heterocycles. The number of thioether (sulfide) groups is 1. The van der Waals surface area contributed by atoms with E-state index >= 15 is 0 Å². The third-order valence-corrected chi connectivity index (χ3v) is 9.59. The maximum Gasteiger partial charge on any atom is 0.277 e. The third kappa shape index (κ3) is 2.63. The molecule has 176 valence electrons. The number of pyridine rings is 1. The Balaban J connectivity index is 1.43. The second-order valence-electron chi connectivity index (χ2n) is 10.2. The number of fused-ring (bicyclic) bond motifs is 8. The molecular formula is C27H23N3O4S. The van der Waals surface area contributed by atoms with Crippen molar-refractivity contribution in [1.82, 2.24) is 9.58 Å². The van der Waals surface area contributed by atoms with Gasteiger partial charge in [-0.2, -0.15) is 0 Å². The second kappa shape index (κ2) is 6.85. The molecule has 0 saturated heterocycles. The molecule has 2 fully saturated rings. The first-order valence-electron chi connectivity index (χ1n) is 12.1. The summed E-state index contributed by atoms with van der Waals surface area (Å²) in [6.07, 6.45) is 2.86. The Morgan fingerprint density at radius 3 is 2.86 bits per heavy atom. The summed E-state index contributed by atoms with van der Waals surface area (Å²) in [4.78, 5) is 29.0. The van der Waals surface area contributed by atoms with E-state index in [4.69, 9.17) is 4.74 Å². The fourth-order valence-electron chi connectivity index (χ4n) is 6.70. The zero-order chi connectivity index (χ0) is 23.4. The van der Waals surface area contributed by atoms with Crippen LogP contribution in [0.4, 0.5) is 0 Å². The Bertz CT molecular complexity index is 1490. The van der Waals surface area contributed by atoms with E-state index < -0.39 is 11.2 Å². The number of carbonyl (C=O) groups is 1. The molecule has 3 aliphatic heterocycles. The van der Waals surface area contributed by atoms with Crippen LogP contribution in [0.5, 0.6) is 11.5 Å². The van der Waals surface area contributed by atoms with Crippen molar-refractivity contribution in [1.29, 1.82) is 0 Å². The summed E-state index contributed by atoms with van der Waals surface area (Å²) in [7, 11) is 0. The first kappa shape index (κ1) is 19.9. The molecule has 2 saturated carbocycles. The van der Waals surface area contributed by atoms with E-state index in [9.17, 15) is 14.7 Å². The van der Waals surface area contributed by atoms with Gasteiger partial charge in [-0.05, 0) is 35.6 Å². The maximum absolute atomic E-state index is 13.6. The van der Waals surface area contributed by atoms with Crippen LogP contribution in [-0.4, -0.2) is 39.9 Å². The van der Waals surface area contributed by atoms with Gasteiger partial charge in [0.1, 0.15) is 24.6 Å². The van der Waals surface area contributed by atoms with Gasteiger partial charge in [0.2, 0.25) is 5.43 Å². The number of rotatable bonds is 0.